The van der Waals surface area contributed by atoms with Gasteiger partial charge in [0.15, 0.2) is 0 Å². The van der Waals surface area contributed by atoms with Gasteiger partial charge in [0.1, 0.15) is 5.82 Å². The lowest BCUT2D eigenvalue weighted by atomic mass is 9.45. The summed E-state index contributed by atoms with van der Waals surface area (Å²) < 4.78 is 0. The van der Waals surface area contributed by atoms with E-state index < -0.39 is 0 Å². The fraction of sp³-hybridized carbons (Fsp3) is 0.800. The van der Waals surface area contributed by atoms with Gasteiger partial charge in [0.2, 0.25) is 5.95 Å². The molecule has 5 heteroatoms. The minimum Gasteiger partial charge on any atom is -0.355 e. The van der Waals surface area contributed by atoms with Gasteiger partial charge in [0, 0.05) is 31.9 Å². The van der Waals surface area contributed by atoms with Gasteiger partial charge in [-0.05, 0) is 67.4 Å². The van der Waals surface area contributed by atoms with Gasteiger partial charge in [-0.2, -0.15) is 4.98 Å². The van der Waals surface area contributed by atoms with Gasteiger partial charge >= 0.3 is 0 Å². The Kier molecular flexibility index (Phi) is 3.70. The number of aromatic nitrogens is 2. The van der Waals surface area contributed by atoms with Crippen LogP contribution >= 0.6 is 0 Å². The number of rotatable bonds is 4. The Labute approximate surface area is 151 Å². The second-order valence-corrected chi connectivity index (χ2v) is 9.33. The highest BCUT2D eigenvalue weighted by Gasteiger charge is 2.53. The second-order valence-electron chi connectivity index (χ2n) is 9.33. The first kappa shape index (κ1) is 15.9. The van der Waals surface area contributed by atoms with E-state index in [0.29, 0.717) is 11.5 Å². The van der Waals surface area contributed by atoms with Gasteiger partial charge in [-0.25, -0.2) is 4.98 Å². The lowest BCUT2D eigenvalue weighted by Crippen LogP contribution is -2.53. The average Bonchev–Trinajstić information content (AvgIpc) is 3.22. The molecule has 1 aromatic rings. The maximum Gasteiger partial charge on any atom is 0.224 e. The van der Waals surface area contributed by atoms with Crippen molar-refractivity contribution in [2.45, 2.75) is 45.6 Å². The molecule has 5 fully saturated rings. The molecule has 5 nitrogen and oxygen atoms in total. The molecule has 2 N–H and O–H groups in total. The summed E-state index contributed by atoms with van der Waals surface area (Å²) >= 11 is 0. The highest BCUT2D eigenvalue weighted by molar-refractivity contribution is 5.44. The fourth-order valence-corrected chi connectivity index (χ4v) is 6.08. The summed E-state index contributed by atoms with van der Waals surface area (Å²) in [6, 6.07) is 2.72. The summed E-state index contributed by atoms with van der Waals surface area (Å²) in [6.45, 7) is 9.35. The van der Waals surface area contributed by atoms with Crippen LogP contribution in [0.2, 0.25) is 0 Å². The van der Waals surface area contributed by atoms with E-state index in [4.69, 9.17) is 4.98 Å². The lowest BCUT2D eigenvalue weighted by Gasteiger charge is -2.60. The van der Waals surface area contributed by atoms with Crippen molar-refractivity contribution in [2.75, 3.05) is 36.4 Å². The van der Waals surface area contributed by atoms with Crippen molar-refractivity contribution in [3.8, 4) is 0 Å². The molecule has 136 valence electrons. The maximum absolute atomic E-state index is 4.82. The van der Waals surface area contributed by atoms with Gasteiger partial charge < -0.3 is 15.5 Å². The van der Waals surface area contributed by atoms with Crippen LogP contribution in [0, 0.1) is 29.1 Å². The Morgan fingerprint density at radius 1 is 1.28 bits per heavy atom. The lowest BCUT2D eigenvalue weighted by molar-refractivity contribution is -0.100. The van der Waals surface area contributed by atoms with E-state index in [1.165, 1.54) is 32.2 Å². The summed E-state index contributed by atoms with van der Waals surface area (Å²) in [5.41, 5.74) is 0.549. The molecule has 2 aliphatic heterocycles. The first-order valence-electron chi connectivity index (χ1n) is 10.2. The Hall–Kier alpha value is -1.36. The van der Waals surface area contributed by atoms with Gasteiger partial charge in [0.25, 0.3) is 0 Å². The third kappa shape index (κ3) is 2.62. The Bertz CT molecular complexity index is 631. The molecule has 0 unspecified atom stereocenters. The summed E-state index contributed by atoms with van der Waals surface area (Å²) in [5, 5.41) is 7.17. The van der Waals surface area contributed by atoms with Crippen LogP contribution in [-0.2, 0) is 0 Å². The first-order chi connectivity index (χ1) is 12.1. The van der Waals surface area contributed by atoms with Gasteiger partial charge in [-0.1, -0.05) is 13.8 Å². The van der Waals surface area contributed by atoms with Crippen LogP contribution < -0.4 is 15.5 Å². The van der Waals surface area contributed by atoms with Crippen LogP contribution in [0.25, 0.3) is 0 Å². The normalized spacial score (nSPS) is 38.3. The maximum atomic E-state index is 4.82. The molecule has 2 bridgehead atoms. The molecule has 3 saturated carbocycles. The number of nitrogens with zero attached hydrogens (tertiary/aromatic N) is 3. The van der Waals surface area contributed by atoms with Crippen molar-refractivity contribution in [3.63, 3.8) is 0 Å². The number of anilines is 2. The molecule has 25 heavy (non-hydrogen) atoms. The monoisotopic (exact) mass is 341 g/mol. The SMILES string of the molecule is CC1(C)[C@H]2CC[C@H](CNc3nccc(N4C[C@H]5CCN[C@H]5C4)n3)[C@H]1C2. The zero-order valence-electron chi connectivity index (χ0n) is 15.5. The molecule has 0 amide bonds. The van der Waals surface area contributed by atoms with E-state index in [0.717, 1.165) is 55.1 Å². The topological polar surface area (TPSA) is 53.1 Å². The molecule has 3 heterocycles. The van der Waals surface area contributed by atoms with Crippen LogP contribution in [0.5, 0.6) is 0 Å². The predicted molar refractivity (Wildman–Crippen MR) is 101 cm³/mol. The first-order valence-corrected chi connectivity index (χ1v) is 10.2. The third-order valence-electron chi connectivity index (χ3n) is 7.85. The predicted octanol–water partition coefficient (Wildman–Crippen LogP) is 2.76. The molecule has 0 aromatic carbocycles. The zero-order chi connectivity index (χ0) is 17.0. The molecule has 6 rings (SSSR count). The summed E-state index contributed by atoms with van der Waals surface area (Å²) in [6.07, 6.45) is 7.42. The van der Waals surface area contributed by atoms with Crippen molar-refractivity contribution in [1.82, 2.24) is 15.3 Å². The molecule has 3 aliphatic carbocycles. The van der Waals surface area contributed by atoms with E-state index in [1.54, 1.807) is 0 Å². The van der Waals surface area contributed by atoms with Crippen LogP contribution in [0.15, 0.2) is 12.3 Å². The van der Waals surface area contributed by atoms with Crippen LogP contribution in [0.3, 0.4) is 0 Å². The molecule has 0 radical (unpaired) electrons. The van der Waals surface area contributed by atoms with E-state index in [2.05, 4.69) is 40.4 Å². The fourth-order valence-electron chi connectivity index (χ4n) is 6.08. The standard InChI is InChI=1S/C20H31N5/c1-20(2)15-4-3-13(16(20)9-15)10-23-19-22-8-6-18(24-19)25-11-14-5-7-21-17(14)12-25/h6,8,13-17,21H,3-5,7,9-12H2,1-2H3,(H,22,23,24)/t13-,14-,15+,16-,17+/m1/s1. The van der Waals surface area contributed by atoms with Gasteiger partial charge in [-0.3, -0.25) is 0 Å². The summed E-state index contributed by atoms with van der Waals surface area (Å²) in [4.78, 5) is 11.7. The minimum absolute atomic E-state index is 0.549. The largest absolute Gasteiger partial charge is 0.355 e. The second kappa shape index (κ2) is 5.83. The van der Waals surface area contributed by atoms with E-state index in [-0.39, 0.29) is 0 Å². The average molecular weight is 342 g/mol. The highest BCUT2D eigenvalue weighted by Crippen LogP contribution is 2.61. The number of nitrogens with one attached hydrogen (secondary N) is 2. The Balaban J connectivity index is 1.22. The van der Waals surface area contributed by atoms with Crippen molar-refractivity contribution in [2.24, 2.45) is 29.1 Å². The molecule has 2 saturated heterocycles. The van der Waals surface area contributed by atoms with Gasteiger partial charge in [0.05, 0.1) is 0 Å². The van der Waals surface area contributed by atoms with Crippen molar-refractivity contribution in [1.29, 1.82) is 0 Å². The summed E-state index contributed by atoms with van der Waals surface area (Å²) in [7, 11) is 0. The van der Waals surface area contributed by atoms with Crippen molar-refractivity contribution in [3.05, 3.63) is 12.3 Å². The van der Waals surface area contributed by atoms with Gasteiger partial charge in [-0.15, -0.1) is 0 Å². The van der Waals surface area contributed by atoms with E-state index in [1.807, 2.05) is 6.20 Å². The molecule has 1 aromatic heterocycles. The zero-order valence-corrected chi connectivity index (χ0v) is 15.5. The van der Waals surface area contributed by atoms with E-state index >= 15 is 0 Å². The number of hydrogen-bond acceptors (Lipinski definition) is 5. The molecule has 5 aliphatic rings. The smallest absolute Gasteiger partial charge is 0.224 e. The quantitative estimate of drug-likeness (QED) is 0.882. The molecule has 0 spiro atoms. The highest BCUT2D eigenvalue weighted by atomic mass is 15.3. The van der Waals surface area contributed by atoms with E-state index in [9.17, 15) is 0 Å². The van der Waals surface area contributed by atoms with Crippen LogP contribution in [-0.4, -0.2) is 42.2 Å². The van der Waals surface area contributed by atoms with Crippen molar-refractivity contribution >= 4 is 11.8 Å². The molecule has 5 atom stereocenters. The Morgan fingerprint density at radius 2 is 2.20 bits per heavy atom. The minimum atomic E-state index is 0.549. The van der Waals surface area contributed by atoms with Crippen LogP contribution in [0.1, 0.15) is 39.5 Å². The summed E-state index contributed by atoms with van der Waals surface area (Å²) in [5.74, 6) is 5.32. The third-order valence-corrected chi connectivity index (χ3v) is 7.85. The van der Waals surface area contributed by atoms with Crippen molar-refractivity contribution < 1.29 is 0 Å². The Morgan fingerprint density at radius 3 is 3.00 bits per heavy atom. The molecular weight excluding hydrogens is 310 g/mol. The molecular formula is C20H31N5. The number of hydrogen-bond donors (Lipinski definition) is 2. The number of fused-ring (bicyclic) bond motifs is 3. The van der Waals surface area contributed by atoms with Crippen LogP contribution in [0.4, 0.5) is 11.8 Å².